The van der Waals surface area contributed by atoms with Gasteiger partial charge in [-0.2, -0.15) is 0 Å². The SMILES string of the molecule is CCc1ccc(N2CC(=O)NC(=O)N2)cc1. The number of rotatable bonds is 2. The molecule has 1 aromatic rings. The van der Waals surface area contributed by atoms with Gasteiger partial charge in [0.15, 0.2) is 0 Å². The van der Waals surface area contributed by atoms with Crippen LogP contribution in [0.1, 0.15) is 12.5 Å². The maximum Gasteiger partial charge on any atom is 0.340 e. The van der Waals surface area contributed by atoms with Gasteiger partial charge in [0.2, 0.25) is 5.91 Å². The van der Waals surface area contributed by atoms with E-state index in [0.717, 1.165) is 12.1 Å². The molecule has 1 fully saturated rings. The molecule has 1 aliphatic heterocycles. The number of imide groups is 1. The minimum absolute atomic E-state index is 0.136. The minimum atomic E-state index is -0.490. The topological polar surface area (TPSA) is 61.4 Å². The van der Waals surface area contributed by atoms with Crippen LogP contribution in [0.2, 0.25) is 0 Å². The summed E-state index contributed by atoms with van der Waals surface area (Å²) in [5.41, 5.74) is 4.59. The lowest BCUT2D eigenvalue weighted by Crippen LogP contribution is -2.59. The van der Waals surface area contributed by atoms with Crippen molar-refractivity contribution in [1.82, 2.24) is 10.7 Å². The highest BCUT2D eigenvalue weighted by Crippen LogP contribution is 2.14. The summed E-state index contributed by atoms with van der Waals surface area (Å²) in [5.74, 6) is -0.302. The third-order valence-corrected chi connectivity index (χ3v) is 2.45. The van der Waals surface area contributed by atoms with E-state index in [1.54, 1.807) is 0 Å². The normalized spacial score (nSPS) is 15.7. The van der Waals surface area contributed by atoms with E-state index in [9.17, 15) is 9.59 Å². The van der Waals surface area contributed by atoms with Crippen LogP contribution in [-0.4, -0.2) is 18.5 Å². The van der Waals surface area contributed by atoms with Crippen LogP contribution in [0.3, 0.4) is 0 Å². The predicted molar refractivity (Wildman–Crippen MR) is 59.8 cm³/mol. The van der Waals surface area contributed by atoms with Crippen molar-refractivity contribution in [3.63, 3.8) is 0 Å². The van der Waals surface area contributed by atoms with Crippen LogP contribution in [0.5, 0.6) is 0 Å². The number of nitrogens with zero attached hydrogens (tertiary/aromatic N) is 1. The molecule has 3 amide bonds. The van der Waals surface area contributed by atoms with Gasteiger partial charge in [-0.05, 0) is 24.1 Å². The highest BCUT2D eigenvalue weighted by atomic mass is 16.2. The molecular formula is C11H13N3O2. The summed E-state index contributed by atoms with van der Waals surface area (Å²) in [6, 6.07) is 7.24. The van der Waals surface area contributed by atoms with Crippen molar-refractivity contribution in [3.8, 4) is 0 Å². The van der Waals surface area contributed by atoms with Crippen molar-refractivity contribution in [2.75, 3.05) is 11.6 Å². The molecule has 0 bridgehead atoms. The highest BCUT2D eigenvalue weighted by molar-refractivity contribution is 6.00. The Morgan fingerprint density at radius 3 is 2.50 bits per heavy atom. The van der Waals surface area contributed by atoms with Crippen molar-refractivity contribution in [1.29, 1.82) is 0 Å². The quantitative estimate of drug-likeness (QED) is 0.773. The molecule has 1 aromatic carbocycles. The Morgan fingerprint density at radius 1 is 1.25 bits per heavy atom. The van der Waals surface area contributed by atoms with Gasteiger partial charge in [0.05, 0.1) is 5.69 Å². The first kappa shape index (κ1) is 10.5. The molecule has 84 valence electrons. The number of aryl methyl sites for hydroxylation is 1. The number of hydrogen-bond donors (Lipinski definition) is 2. The molecule has 16 heavy (non-hydrogen) atoms. The number of carbonyl (C=O) groups is 2. The number of nitrogens with one attached hydrogen (secondary N) is 2. The van der Waals surface area contributed by atoms with Crippen molar-refractivity contribution in [2.24, 2.45) is 0 Å². The second kappa shape index (κ2) is 4.22. The number of anilines is 1. The zero-order valence-corrected chi connectivity index (χ0v) is 8.99. The van der Waals surface area contributed by atoms with Gasteiger partial charge in [-0.1, -0.05) is 19.1 Å². The average molecular weight is 219 g/mol. The summed E-state index contributed by atoms with van der Waals surface area (Å²) in [5, 5.41) is 3.70. The van der Waals surface area contributed by atoms with Gasteiger partial charge >= 0.3 is 6.03 Å². The van der Waals surface area contributed by atoms with Gasteiger partial charge in [-0.3, -0.25) is 15.1 Å². The second-order valence-electron chi connectivity index (χ2n) is 3.60. The molecule has 0 aromatic heterocycles. The van der Waals surface area contributed by atoms with E-state index in [2.05, 4.69) is 17.7 Å². The summed E-state index contributed by atoms with van der Waals surface area (Å²) in [7, 11) is 0. The molecule has 5 heteroatoms. The van der Waals surface area contributed by atoms with Crippen molar-refractivity contribution < 1.29 is 9.59 Å². The van der Waals surface area contributed by atoms with Crippen LogP contribution in [0.15, 0.2) is 24.3 Å². The maximum absolute atomic E-state index is 11.2. The molecule has 2 N–H and O–H groups in total. The van der Waals surface area contributed by atoms with E-state index in [4.69, 9.17) is 0 Å². The minimum Gasteiger partial charge on any atom is -0.275 e. The zero-order chi connectivity index (χ0) is 11.5. The molecule has 1 heterocycles. The Hall–Kier alpha value is -2.04. The van der Waals surface area contributed by atoms with Crippen molar-refractivity contribution in [2.45, 2.75) is 13.3 Å². The zero-order valence-electron chi connectivity index (χ0n) is 8.99. The third-order valence-electron chi connectivity index (χ3n) is 2.45. The number of amides is 3. The van der Waals surface area contributed by atoms with Gasteiger partial charge in [-0.25, -0.2) is 10.2 Å². The van der Waals surface area contributed by atoms with E-state index in [1.165, 1.54) is 10.6 Å². The fourth-order valence-electron chi connectivity index (χ4n) is 1.57. The predicted octanol–water partition coefficient (Wildman–Crippen LogP) is 0.810. The summed E-state index contributed by atoms with van der Waals surface area (Å²) in [6.07, 6.45) is 0.965. The molecule has 5 nitrogen and oxygen atoms in total. The van der Waals surface area contributed by atoms with Crippen LogP contribution in [0, 0.1) is 0 Å². The Morgan fingerprint density at radius 2 is 1.94 bits per heavy atom. The molecule has 0 radical (unpaired) electrons. The summed E-state index contributed by atoms with van der Waals surface area (Å²) < 4.78 is 0. The summed E-state index contributed by atoms with van der Waals surface area (Å²) in [4.78, 5) is 22.3. The van der Waals surface area contributed by atoms with Crippen molar-refractivity contribution in [3.05, 3.63) is 29.8 Å². The Bertz CT molecular complexity index is 398. The summed E-state index contributed by atoms with van der Waals surface area (Å²) in [6.45, 7) is 2.21. The smallest absolute Gasteiger partial charge is 0.275 e. The molecule has 0 saturated carbocycles. The van der Waals surface area contributed by atoms with E-state index < -0.39 is 6.03 Å². The molecule has 0 atom stereocenters. The second-order valence-corrected chi connectivity index (χ2v) is 3.60. The Kier molecular flexibility index (Phi) is 2.76. The van der Waals surface area contributed by atoms with Gasteiger partial charge in [0.25, 0.3) is 0 Å². The largest absolute Gasteiger partial charge is 0.340 e. The number of hydrazine groups is 1. The first-order chi connectivity index (χ1) is 7.69. The molecular weight excluding hydrogens is 206 g/mol. The molecule has 1 saturated heterocycles. The Balaban J connectivity index is 2.16. The molecule has 2 rings (SSSR count). The number of hydrogen-bond acceptors (Lipinski definition) is 3. The molecule has 0 unspecified atom stereocenters. The van der Waals surface area contributed by atoms with Crippen LogP contribution < -0.4 is 15.8 Å². The fourth-order valence-corrected chi connectivity index (χ4v) is 1.57. The number of benzene rings is 1. The van der Waals surface area contributed by atoms with Crippen LogP contribution in [0.4, 0.5) is 10.5 Å². The van der Waals surface area contributed by atoms with Crippen LogP contribution >= 0.6 is 0 Å². The van der Waals surface area contributed by atoms with E-state index in [0.29, 0.717) is 0 Å². The standard InChI is InChI=1S/C11H13N3O2/c1-2-8-3-5-9(6-4-8)14-7-10(15)12-11(16)13-14/h3-6H,2,7H2,1H3,(H2,12,13,15,16). The Labute approximate surface area is 93.4 Å². The highest BCUT2D eigenvalue weighted by Gasteiger charge is 2.21. The van der Waals surface area contributed by atoms with Crippen LogP contribution in [-0.2, 0) is 11.2 Å². The van der Waals surface area contributed by atoms with Gasteiger partial charge in [0.1, 0.15) is 6.54 Å². The van der Waals surface area contributed by atoms with E-state index in [1.807, 2.05) is 24.3 Å². The third kappa shape index (κ3) is 2.13. The van der Waals surface area contributed by atoms with Gasteiger partial charge in [0, 0.05) is 0 Å². The van der Waals surface area contributed by atoms with E-state index in [-0.39, 0.29) is 12.5 Å². The number of urea groups is 1. The van der Waals surface area contributed by atoms with Crippen molar-refractivity contribution >= 4 is 17.6 Å². The first-order valence-corrected chi connectivity index (χ1v) is 5.16. The molecule has 0 spiro atoms. The summed E-state index contributed by atoms with van der Waals surface area (Å²) >= 11 is 0. The van der Waals surface area contributed by atoms with E-state index >= 15 is 0 Å². The molecule has 1 aliphatic rings. The van der Waals surface area contributed by atoms with Gasteiger partial charge in [-0.15, -0.1) is 0 Å². The van der Waals surface area contributed by atoms with Crippen LogP contribution in [0.25, 0.3) is 0 Å². The number of carbonyl (C=O) groups excluding carboxylic acids is 2. The monoisotopic (exact) mass is 219 g/mol. The lowest BCUT2D eigenvalue weighted by molar-refractivity contribution is -0.119. The fraction of sp³-hybridized carbons (Fsp3) is 0.273. The lowest BCUT2D eigenvalue weighted by Gasteiger charge is -2.28. The first-order valence-electron chi connectivity index (χ1n) is 5.16. The molecule has 0 aliphatic carbocycles. The lowest BCUT2D eigenvalue weighted by atomic mass is 10.1. The average Bonchev–Trinajstić information content (AvgIpc) is 2.28. The van der Waals surface area contributed by atoms with Gasteiger partial charge < -0.3 is 0 Å². The maximum atomic E-state index is 11.2.